The van der Waals surface area contributed by atoms with E-state index in [0.717, 1.165) is 12.1 Å². The average molecular weight is 263 g/mol. The van der Waals surface area contributed by atoms with Crippen molar-refractivity contribution in [3.8, 4) is 0 Å². The summed E-state index contributed by atoms with van der Waals surface area (Å²) in [5, 5.41) is 0. The van der Waals surface area contributed by atoms with Crippen molar-refractivity contribution in [3.05, 3.63) is 35.4 Å². The Balaban J connectivity index is 2.79. The molecule has 2 N–H and O–H groups in total. The van der Waals surface area contributed by atoms with Crippen LogP contribution in [0.25, 0.3) is 0 Å². The Kier molecular flexibility index (Phi) is 5.13. The number of methoxy groups -OCH3 is 2. The highest BCUT2D eigenvalue weighted by Gasteiger charge is 2.30. The van der Waals surface area contributed by atoms with Gasteiger partial charge in [-0.1, -0.05) is 18.2 Å². The Morgan fingerprint density at radius 2 is 1.83 bits per heavy atom. The van der Waals surface area contributed by atoms with Crippen LogP contribution in [0.4, 0.5) is 13.2 Å². The van der Waals surface area contributed by atoms with E-state index in [-0.39, 0.29) is 6.42 Å². The van der Waals surface area contributed by atoms with Crippen LogP contribution >= 0.6 is 0 Å². The summed E-state index contributed by atoms with van der Waals surface area (Å²) in [5.41, 5.74) is 5.61. The van der Waals surface area contributed by atoms with Crippen LogP contribution in [0.15, 0.2) is 24.3 Å². The molecule has 0 radical (unpaired) electrons. The first-order chi connectivity index (χ1) is 8.38. The molecular weight excluding hydrogens is 247 g/mol. The number of benzene rings is 1. The number of nitrogens with two attached hydrogens (primary N) is 1. The van der Waals surface area contributed by atoms with Gasteiger partial charge in [0, 0.05) is 14.2 Å². The van der Waals surface area contributed by atoms with Crippen molar-refractivity contribution in [2.24, 2.45) is 5.73 Å². The van der Waals surface area contributed by atoms with Gasteiger partial charge in [0.25, 0.3) is 0 Å². The molecule has 0 saturated heterocycles. The SMILES string of the molecule is COC(OC)C(N)Cc1cccc(C(F)(F)F)c1. The Bertz CT molecular complexity index is 378. The van der Waals surface area contributed by atoms with Gasteiger partial charge in [0.2, 0.25) is 0 Å². The molecule has 0 aromatic heterocycles. The van der Waals surface area contributed by atoms with Crippen LogP contribution in [-0.2, 0) is 22.1 Å². The number of halogens is 3. The van der Waals surface area contributed by atoms with Gasteiger partial charge in [0.05, 0.1) is 11.6 Å². The van der Waals surface area contributed by atoms with Crippen molar-refractivity contribution in [2.75, 3.05) is 14.2 Å². The Morgan fingerprint density at radius 3 is 2.33 bits per heavy atom. The summed E-state index contributed by atoms with van der Waals surface area (Å²) >= 11 is 0. The topological polar surface area (TPSA) is 44.5 Å². The molecule has 0 aliphatic heterocycles. The van der Waals surface area contributed by atoms with E-state index >= 15 is 0 Å². The van der Waals surface area contributed by atoms with E-state index in [0.29, 0.717) is 5.56 Å². The Hall–Kier alpha value is -1.11. The molecule has 1 aromatic carbocycles. The van der Waals surface area contributed by atoms with Crippen LogP contribution in [0.2, 0.25) is 0 Å². The van der Waals surface area contributed by atoms with Gasteiger partial charge in [0.15, 0.2) is 6.29 Å². The first-order valence-corrected chi connectivity index (χ1v) is 5.35. The van der Waals surface area contributed by atoms with E-state index in [4.69, 9.17) is 15.2 Å². The number of rotatable bonds is 5. The van der Waals surface area contributed by atoms with E-state index in [1.807, 2.05) is 0 Å². The fourth-order valence-corrected chi connectivity index (χ4v) is 1.69. The third-order valence-corrected chi connectivity index (χ3v) is 2.54. The monoisotopic (exact) mass is 263 g/mol. The number of hydrogen-bond donors (Lipinski definition) is 1. The van der Waals surface area contributed by atoms with E-state index in [1.54, 1.807) is 6.07 Å². The zero-order valence-electron chi connectivity index (χ0n) is 10.2. The summed E-state index contributed by atoms with van der Waals surface area (Å²) < 4.78 is 47.5. The van der Waals surface area contributed by atoms with Crippen molar-refractivity contribution in [1.82, 2.24) is 0 Å². The van der Waals surface area contributed by atoms with Crippen molar-refractivity contribution < 1.29 is 22.6 Å². The first kappa shape index (κ1) is 14.9. The maximum absolute atomic E-state index is 12.5. The molecule has 0 spiro atoms. The standard InChI is InChI=1S/C12H16F3NO2/c1-17-11(18-2)10(16)7-8-4-3-5-9(6-8)12(13,14)15/h3-6,10-11H,7,16H2,1-2H3. The maximum atomic E-state index is 12.5. The number of alkyl halides is 3. The van der Waals surface area contributed by atoms with Crippen LogP contribution in [0.5, 0.6) is 0 Å². The molecule has 6 heteroatoms. The summed E-state index contributed by atoms with van der Waals surface area (Å²) in [6, 6.07) is 4.54. The molecule has 0 aliphatic rings. The molecule has 102 valence electrons. The molecule has 0 saturated carbocycles. The zero-order valence-corrected chi connectivity index (χ0v) is 10.2. The lowest BCUT2D eigenvalue weighted by Crippen LogP contribution is -2.39. The Morgan fingerprint density at radius 1 is 1.22 bits per heavy atom. The minimum atomic E-state index is -4.35. The molecule has 0 bridgehead atoms. The average Bonchev–Trinajstić information content (AvgIpc) is 2.29. The van der Waals surface area contributed by atoms with Gasteiger partial charge in [0.1, 0.15) is 0 Å². The van der Waals surface area contributed by atoms with E-state index in [9.17, 15) is 13.2 Å². The van der Waals surface area contributed by atoms with E-state index < -0.39 is 24.1 Å². The van der Waals surface area contributed by atoms with Crippen molar-refractivity contribution >= 4 is 0 Å². The van der Waals surface area contributed by atoms with Gasteiger partial charge in [-0.15, -0.1) is 0 Å². The highest BCUT2D eigenvalue weighted by molar-refractivity contribution is 5.26. The second-order valence-corrected chi connectivity index (χ2v) is 3.91. The summed E-state index contributed by atoms with van der Waals surface area (Å²) in [6.45, 7) is 0. The lowest BCUT2D eigenvalue weighted by atomic mass is 10.0. The summed E-state index contributed by atoms with van der Waals surface area (Å²) in [5.74, 6) is 0. The molecule has 3 nitrogen and oxygen atoms in total. The maximum Gasteiger partial charge on any atom is 0.416 e. The molecule has 1 rings (SSSR count). The molecular formula is C12H16F3NO2. The summed E-state index contributed by atoms with van der Waals surface area (Å²) in [7, 11) is 2.86. The molecule has 1 atom stereocenters. The fraction of sp³-hybridized carbons (Fsp3) is 0.500. The molecule has 0 heterocycles. The van der Waals surface area contributed by atoms with E-state index in [2.05, 4.69) is 0 Å². The minimum Gasteiger partial charge on any atom is -0.354 e. The highest BCUT2D eigenvalue weighted by atomic mass is 19.4. The second kappa shape index (κ2) is 6.17. The number of ether oxygens (including phenoxy) is 2. The van der Waals surface area contributed by atoms with Gasteiger partial charge in [-0.05, 0) is 18.1 Å². The van der Waals surface area contributed by atoms with Gasteiger partial charge < -0.3 is 15.2 Å². The lowest BCUT2D eigenvalue weighted by molar-refractivity contribution is -0.137. The van der Waals surface area contributed by atoms with Crippen LogP contribution < -0.4 is 5.73 Å². The van der Waals surface area contributed by atoms with Gasteiger partial charge >= 0.3 is 6.18 Å². The third-order valence-electron chi connectivity index (χ3n) is 2.54. The predicted octanol–water partition coefficient (Wildman–Crippen LogP) is 2.19. The molecule has 18 heavy (non-hydrogen) atoms. The van der Waals surface area contributed by atoms with Crippen LogP contribution in [-0.4, -0.2) is 26.6 Å². The van der Waals surface area contributed by atoms with Gasteiger partial charge in [-0.25, -0.2) is 0 Å². The Labute approximate surface area is 104 Å². The third kappa shape index (κ3) is 3.97. The number of hydrogen-bond acceptors (Lipinski definition) is 3. The second-order valence-electron chi connectivity index (χ2n) is 3.91. The fourth-order valence-electron chi connectivity index (χ4n) is 1.69. The van der Waals surface area contributed by atoms with Gasteiger partial charge in [-0.2, -0.15) is 13.2 Å². The quantitative estimate of drug-likeness (QED) is 0.828. The predicted molar refractivity (Wildman–Crippen MR) is 60.9 cm³/mol. The van der Waals surface area contributed by atoms with Crippen LogP contribution in [0.1, 0.15) is 11.1 Å². The van der Waals surface area contributed by atoms with E-state index in [1.165, 1.54) is 20.3 Å². The highest BCUT2D eigenvalue weighted by Crippen LogP contribution is 2.29. The van der Waals surface area contributed by atoms with Crippen molar-refractivity contribution in [2.45, 2.75) is 24.9 Å². The lowest BCUT2D eigenvalue weighted by Gasteiger charge is -2.21. The summed E-state index contributed by atoms with van der Waals surface area (Å²) in [4.78, 5) is 0. The largest absolute Gasteiger partial charge is 0.416 e. The first-order valence-electron chi connectivity index (χ1n) is 5.35. The molecule has 1 aromatic rings. The minimum absolute atomic E-state index is 0.246. The summed E-state index contributed by atoms with van der Waals surface area (Å²) in [6.07, 6.45) is -4.74. The molecule has 0 fully saturated rings. The zero-order chi connectivity index (χ0) is 13.8. The van der Waals surface area contributed by atoms with Crippen molar-refractivity contribution in [3.63, 3.8) is 0 Å². The molecule has 0 amide bonds. The van der Waals surface area contributed by atoms with Crippen LogP contribution in [0.3, 0.4) is 0 Å². The molecule has 0 aliphatic carbocycles. The molecule has 1 unspecified atom stereocenters. The van der Waals surface area contributed by atoms with Gasteiger partial charge in [-0.3, -0.25) is 0 Å². The normalized spacial score (nSPS) is 13.9. The van der Waals surface area contributed by atoms with Crippen molar-refractivity contribution in [1.29, 1.82) is 0 Å². The smallest absolute Gasteiger partial charge is 0.354 e. The van der Waals surface area contributed by atoms with Crippen LogP contribution in [0, 0.1) is 0 Å².